The van der Waals surface area contributed by atoms with Crippen LogP contribution in [-0.2, 0) is 6.42 Å². The zero-order valence-corrected chi connectivity index (χ0v) is 9.38. The van der Waals surface area contributed by atoms with Crippen LogP contribution in [0.4, 0.5) is 0 Å². The fraction of sp³-hybridized carbons (Fsp3) is 0.154. The van der Waals surface area contributed by atoms with Gasteiger partial charge >= 0.3 is 0 Å². The number of allylic oxidation sites excluding steroid dienone is 2. The highest BCUT2D eigenvalue weighted by Gasteiger charge is 2.21. The van der Waals surface area contributed by atoms with Gasteiger partial charge in [-0.15, -0.1) is 0 Å². The molecule has 0 unspecified atom stereocenters. The van der Waals surface area contributed by atoms with Crippen LogP contribution in [0.5, 0.6) is 0 Å². The fourth-order valence-corrected chi connectivity index (χ4v) is 2.19. The van der Waals surface area contributed by atoms with Crippen molar-refractivity contribution in [3.8, 4) is 0 Å². The van der Waals surface area contributed by atoms with Crippen molar-refractivity contribution in [2.75, 3.05) is 0 Å². The van der Waals surface area contributed by atoms with Crippen molar-refractivity contribution in [3.63, 3.8) is 0 Å². The van der Waals surface area contributed by atoms with Gasteiger partial charge in [0.15, 0.2) is 0 Å². The van der Waals surface area contributed by atoms with Crippen LogP contribution < -0.4 is 0 Å². The molecule has 0 spiro atoms. The Hall–Kier alpha value is -1.34. The average Bonchev–Trinajstić information content (AvgIpc) is 2.54. The lowest BCUT2D eigenvalue weighted by Crippen LogP contribution is -1.82. The van der Waals surface area contributed by atoms with E-state index in [0.717, 1.165) is 23.1 Å². The standard InChI is InChI=1S/C13H12ClN/c1-3-15-13(14)12-9(2)8-10-6-4-5-7-11(10)12/h3-7H,2,8H2,1H3/b13-12+,15-3?. The minimum absolute atomic E-state index is 0.535. The third-order valence-corrected chi connectivity index (χ3v) is 2.78. The Labute approximate surface area is 94.8 Å². The first-order valence-electron chi connectivity index (χ1n) is 4.89. The van der Waals surface area contributed by atoms with Crippen molar-refractivity contribution in [3.05, 3.63) is 52.7 Å². The van der Waals surface area contributed by atoms with Gasteiger partial charge in [-0.3, -0.25) is 0 Å². The molecule has 0 N–H and O–H groups in total. The highest BCUT2D eigenvalue weighted by molar-refractivity contribution is 6.33. The number of aliphatic imine (C=N–C) groups is 1. The largest absolute Gasteiger partial charge is 0.249 e. The molecule has 0 saturated carbocycles. The van der Waals surface area contributed by atoms with E-state index in [1.165, 1.54) is 5.56 Å². The first-order valence-corrected chi connectivity index (χ1v) is 5.26. The Bertz CT molecular complexity index is 469. The molecule has 1 aromatic rings. The summed E-state index contributed by atoms with van der Waals surface area (Å²) in [6.45, 7) is 5.89. The monoisotopic (exact) mass is 217 g/mol. The quantitative estimate of drug-likeness (QED) is 0.501. The summed E-state index contributed by atoms with van der Waals surface area (Å²) in [5.74, 6) is 0. The lowest BCUT2D eigenvalue weighted by atomic mass is 10.1. The maximum Gasteiger partial charge on any atom is 0.136 e. The molecule has 1 aliphatic rings. The van der Waals surface area contributed by atoms with E-state index in [2.05, 4.69) is 23.7 Å². The molecule has 15 heavy (non-hydrogen) atoms. The summed E-state index contributed by atoms with van der Waals surface area (Å²) in [6.07, 6.45) is 2.57. The summed E-state index contributed by atoms with van der Waals surface area (Å²) in [6, 6.07) is 8.22. The Kier molecular flexibility index (Phi) is 2.74. The molecule has 0 aromatic heterocycles. The predicted octanol–water partition coefficient (Wildman–Crippen LogP) is 3.80. The minimum Gasteiger partial charge on any atom is -0.249 e. The summed E-state index contributed by atoms with van der Waals surface area (Å²) >= 11 is 6.13. The van der Waals surface area contributed by atoms with Gasteiger partial charge in [0.05, 0.1) is 0 Å². The van der Waals surface area contributed by atoms with Crippen LogP contribution in [-0.4, -0.2) is 6.21 Å². The number of benzene rings is 1. The summed E-state index contributed by atoms with van der Waals surface area (Å²) in [5, 5.41) is 0.535. The molecule has 1 aliphatic carbocycles. The highest BCUT2D eigenvalue weighted by Crippen LogP contribution is 2.38. The second kappa shape index (κ2) is 4.03. The third kappa shape index (κ3) is 1.75. The Morgan fingerprint density at radius 1 is 1.47 bits per heavy atom. The maximum absolute atomic E-state index is 6.13. The second-order valence-electron chi connectivity index (χ2n) is 3.49. The van der Waals surface area contributed by atoms with E-state index in [1.807, 2.05) is 19.1 Å². The molecule has 1 nitrogen and oxygen atoms in total. The lowest BCUT2D eigenvalue weighted by molar-refractivity contribution is 1.28. The number of halogens is 1. The summed E-state index contributed by atoms with van der Waals surface area (Å²) < 4.78 is 0. The van der Waals surface area contributed by atoms with Gasteiger partial charge in [0, 0.05) is 11.8 Å². The van der Waals surface area contributed by atoms with E-state index in [1.54, 1.807) is 6.21 Å². The van der Waals surface area contributed by atoms with Gasteiger partial charge in [-0.2, -0.15) is 0 Å². The normalized spacial score (nSPS) is 18.4. The topological polar surface area (TPSA) is 12.4 Å². The van der Waals surface area contributed by atoms with Crippen molar-refractivity contribution in [2.24, 2.45) is 4.99 Å². The molecular formula is C13H12ClN. The molecule has 0 amide bonds. The number of fused-ring (bicyclic) bond motifs is 1. The molecule has 2 rings (SSSR count). The summed E-state index contributed by atoms with van der Waals surface area (Å²) in [5.41, 5.74) is 4.48. The first-order chi connectivity index (χ1) is 7.24. The van der Waals surface area contributed by atoms with E-state index in [9.17, 15) is 0 Å². The molecule has 1 aromatic carbocycles. The highest BCUT2D eigenvalue weighted by atomic mass is 35.5. The first kappa shape index (κ1) is 10.2. The Morgan fingerprint density at radius 2 is 2.20 bits per heavy atom. The molecule has 2 heteroatoms. The van der Waals surface area contributed by atoms with E-state index in [0.29, 0.717) is 5.16 Å². The lowest BCUT2D eigenvalue weighted by Gasteiger charge is -2.02. The minimum atomic E-state index is 0.535. The molecule has 0 atom stereocenters. The molecule has 0 saturated heterocycles. The Morgan fingerprint density at radius 3 is 2.93 bits per heavy atom. The molecule has 0 heterocycles. The molecule has 0 fully saturated rings. The number of nitrogens with zero attached hydrogens (tertiary/aromatic N) is 1. The van der Waals surface area contributed by atoms with Gasteiger partial charge in [0.1, 0.15) is 5.16 Å². The molecule has 76 valence electrons. The van der Waals surface area contributed by atoms with Crippen molar-refractivity contribution in [1.29, 1.82) is 0 Å². The van der Waals surface area contributed by atoms with Gasteiger partial charge in [0.2, 0.25) is 0 Å². The molecular weight excluding hydrogens is 206 g/mol. The van der Waals surface area contributed by atoms with Crippen LogP contribution in [0.2, 0.25) is 0 Å². The zero-order chi connectivity index (χ0) is 10.8. The van der Waals surface area contributed by atoms with E-state index >= 15 is 0 Å². The van der Waals surface area contributed by atoms with Gasteiger partial charge in [-0.25, -0.2) is 4.99 Å². The molecule has 0 aliphatic heterocycles. The van der Waals surface area contributed by atoms with Crippen LogP contribution >= 0.6 is 11.6 Å². The van der Waals surface area contributed by atoms with Crippen molar-refractivity contribution in [1.82, 2.24) is 0 Å². The summed E-state index contributed by atoms with van der Waals surface area (Å²) in [4.78, 5) is 4.12. The van der Waals surface area contributed by atoms with Crippen LogP contribution in [0.15, 0.2) is 46.6 Å². The number of hydrogen-bond acceptors (Lipinski definition) is 1. The smallest absolute Gasteiger partial charge is 0.136 e. The van der Waals surface area contributed by atoms with Crippen molar-refractivity contribution < 1.29 is 0 Å². The average molecular weight is 218 g/mol. The SMILES string of the molecule is C=C1Cc2ccccc2/C1=C(\Cl)N=CC. The van der Waals surface area contributed by atoms with Crippen LogP contribution in [0.1, 0.15) is 18.1 Å². The van der Waals surface area contributed by atoms with E-state index in [4.69, 9.17) is 11.6 Å². The van der Waals surface area contributed by atoms with E-state index < -0.39 is 0 Å². The predicted molar refractivity (Wildman–Crippen MR) is 66.2 cm³/mol. The van der Waals surface area contributed by atoms with Crippen molar-refractivity contribution in [2.45, 2.75) is 13.3 Å². The molecule has 0 bridgehead atoms. The van der Waals surface area contributed by atoms with Crippen molar-refractivity contribution >= 4 is 23.4 Å². The second-order valence-corrected chi connectivity index (χ2v) is 3.85. The van der Waals surface area contributed by atoms with Crippen LogP contribution in [0.25, 0.3) is 5.57 Å². The fourth-order valence-electron chi connectivity index (χ4n) is 1.86. The van der Waals surface area contributed by atoms with Crippen LogP contribution in [0, 0.1) is 0 Å². The Balaban J connectivity index is 2.60. The molecule has 0 radical (unpaired) electrons. The van der Waals surface area contributed by atoms with Gasteiger partial charge in [-0.1, -0.05) is 42.4 Å². The van der Waals surface area contributed by atoms with Gasteiger partial charge < -0.3 is 0 Å². The number of rotatable bonds is 1. The third-order valence-electron chi connectivity index (χ3n) is 2.49. The number of hydrogen-bond donors (Lipinski definition) is 0. The van der Waals surface area contributed by atoms with Gasteiger partial charge in [0.25, 0.3) is 0 Å². The van der Waals surface area contributed by atoms with Crippen LogP contribution in [0.3, 0.4) is 0 Å². The summed E-state index contributed by atoms with van der Waals surface area (Å²) in [7, 11) is 0. The van der Waals surface area contributed by atoms with Gasteiger partial charge in [-0.05, 0) is 30.0 Å². The van der Waals surface area contributed by atoms with E-state index in [-0.39, 0.29) is 0 Å². The maximum atomic E-state index is 6.13. The zero-order valence-electron chi connectivity index (χ0n) is 8.63.